The molecule has 3 heterocycles. The predicted octanol–water partition coefficient (Wildman–Crippen LogP) is 4.95. The number of fused-ring (bicyclic) bond motifs is 3. The van der Waals surface area contributed by atoms with E-state index in [4.69, 9.17) is 9.15 Å². The molecule has 3 nitrogen and oxygen atoms in total. The molecule has 2 saturated heterocycles. The van der Waals surface area contributed by atoms with Gasteiger partial charge in [-0.05, 0) is 64.7 Å². The Hall–Kier alpha value is -1.48. The zero-order valence-corrected chi connectivity index (χ0v) is 14.4. The zero-order chi connectivity index (χ0) is 16.0. The van der Waals surface area contributed by atoms with Crippen LogP contribution in [0.1, 0.15) is 58.1 Å². The molecule has 2 aliphatic rings. The van der Waals surface area contributed by atoms with Gasteiger partial charge in [0.15, 0.2) is 0 Å². The van der Waals surface area contributed by atoms with E-state index in [0.29, 0.717) is 18.6 Å². The van der Waals surface area contributed by atoms with Gasteiger partial charge >= 0.3 is 0 Å². The molecule has 0 N–H and O–H groups in total. The van der Waals surface area contributed by atoms with E-state index in [0.717, 1.165) is 34.6 Å². The fraction of sp³-hybridized carbons (Fsp3) is 0.600. The molecule has 0 spiro atoms. The third kappa shape index (κ3) is 2.55. The van der Waals surface area contributed by atoms with Gasteiger partial charge < -0.3 is 9.15 Å². The van der Waals surface area contributed by atoms with Crippen molar-refractivity contribution >= 4 is 11.0 Å². The molecule has 3 heteroatoms. The maximum absolute atomic E-state index is 6.22. The van der Waals surface area contributed by atoms with Gasteiger partial charge in [0, 0.05) is 24.0 Å². The highest BCUT2D eigenvalue weighted by molar-refractivity contribution is 5.84. The number of furan rings is 1. The summed E-state index contributed by atoms with van der Waals surface area (Å²) in [7, 11) is 0. The van der Waals surface area contributed by atoms with Gasteiger partial charge in [0.25, 0.3) is 0 Å². The molecule has 124 valence electrons. The number of ether oxygens (including phenoxy) is 1. The topological polar surface area (TPSA) is 25.6 Å². The van der Waals surface area contributed by atoms with E-state index >= 15 is 0 Å². The fourth-order valence-corrected chi connectivity index (χ4v) is 4.83. The second-order valence-electron chi connectivity index (χ2n) is 7.34. The lowest BCUT2D eigenvalue weighted by atomic mass is 9.88. The average Bonchev–Trinajstić information content (AvgIpc) is 3.07. The van der Waals surface area contributed by atoms with Crippen LogP contribution in [0.5, 0.6) is 5.75 Å². The van der Waals surface area contributed by atoms with Crippen molar-refractivity contribution < 1.29 is 9.15 Å². The van der Waals surface area contributed by atoms with Gasteiger partial charge in [-0.15, -0.1) is 0 Å². The van der Waals surface area contributed by atoms with Gasteiger partial charge in [-0.2, -0.15) is 0 Å². The van der Waals surface area contributed by atoms with Gasteiger partial charge in [-0.25, -0.2) is 0 Å². The monoisotopic (exact) mass is 313 g/mol. The summed E-state index contributed by atoms with van der Waals surface area (Å²) >= 11 is 0. The number of piperidine rings is 1. The molecule has 2 atom stereocenters. The van der Waals surface area contributed by atoms with Crippen molar-refractivity contribution in [2.45, 2.75) is 70.5 Å². The second kappa shape index (κ2) is 5.86. The standard InChI is InChI=1S/C20H27NO2/c1-4-22-18-6-5-7-19-17(18)12-20(23-19)14-10-15-8-9-16(11-14)21(15)13(2)3/h5-7,12-16H,4,8-11H2,1-3H3. The molecule has 0 amide bonds. The van der Waals surface area contributed by atoms with Crippen molar-refractivity contribution in [3.63, 3.8) is 0 Å². The smallest absolute Gasteiger partial charge is 0.138 e. The molecule has 2 aromatic rings. The van der Waals surface area contributed by atoms with Crippen molar-refractivity contribution in [2.75, 3.05) is 6.61 Å². The Bertz CT molecular complexity index is 676. The molecular weight excluding hydrogens is 286 g/mol. The normalized spacial score (nSPS) is 27.9. The average molecular weight is 313 g/mol. The van der Waals surface area contributed by atoms with Crippen LogP contribution in [0.2, 0.25) is 0 Å². The summed E-state index contributed by atoms with van der Waals surface area (Å²) in [5, 5.41) is 1.13. The van der Waals surface area contributed by atoms with Gasteiger partial charge in [-0.1, -0.05) is 6.07 Å². The number of hydrogen-bond acceptors (Lipinski definition) is 3. The van der Waals surface area contributed by atoms with Crippen LogP contribution in [-0.4, -0.2) is 29.6 Å². The summed E-state index contributed by atoms with van der Waals surface area (Å²) in [6, 6.07) is 10.5. The lowest BCUT2D eigenvalue weighted by Gasteiger charge is -2.41. The summed E-state index contributed by atoms with van der Waals surface area (Å²) in [5.41, 5.74) is 0.963. The number of nitrogens with zero attached hydrogens (tertiary/aromatic N) is 1. The Morgan fingerprint density at radius 1 is 1.22 bits per heavy atom. The zero-order valence-electron chi connectivity index (χ0n) is 14.4. The first kappa shape index (κ1) is 15.1. The van der Waals surface area contributed by atoms with E-state index in [2.05, 4.69) is 30.9 Å². The highest BCUT2D eigenvalue weighted by Gasteiger charge is 2.42. The Morgan fingerprint density at radius 3 is 2.61 bits per heavy atom. The van der Waals surface area contributed by atoms with E-state index in [9.17, 15) is 0 Å². The third-order valence-corrected chi connectivity index (χ3v) is 5.63. The molecule has 2 fully saturated rings. The van der Waals surface area contributed by atoms with E-state index in [1.54, 1.807) is 0 Å². The maximum Gasteiger partial charge on any atom is 0.138 e. The molecule has 1 aromatic carbocycles. The van der Waals surface area contributed by atoms with Gasteiger partial charge in [0.2, 0.25) is 0 Å². The summed E-state index contributed by atoms with van der Waals surface area (Å²) < 4.78 is 12.0. The molecule has 2 bridgehead atoms. The third-order valence-electron chi connectivity index (χ3n) is 5.63. The van der Waals surface area contributed by atoms with Crippen LogP contribution in [0.15, 0.2) is 28.7 Å². The summed E-state index contributed by atoms with van der Waals surface area (Å²) in [6.07, 6.45) is 5.17. The van der Waals surface area contributed by atoms with Crippen LogP contribution >= 0.6 is 0 Å². The first-order valence-electron chi connectivity index (χ1n) is 9.10. The molecule has 2 aliphatic heterocycles. The van der Waals surface area contributed by atoms with Crippen molar-refractivity contribution in [1.82, 2.24) is 4.90 Å². The summed E-state index contributed by atoms with van der Waals surface area (Å²) in [5.74, 6) is 2.67. The molecule has 4 rings (SSSR count). The van der Waals surface area contributed by atoms with Crippen LogP contribution < -0.4 is 4.74 Å². The van der Waals surface area contributed by atoms with Crippen LogP contribution in [0.4, 0.5) is 0 Å². The van der Waals surface area contributed by atoms with Crippen molar-refractivity contribution in [3.8, 4) is 5.75 Å². The van der Waals surface area contributed by atoms with Gasteiger partial charge in [-0.3, -0.25) is 4.90 Å². The SMILES string of the molecule is CCOc1cccc2oc(C3CC4CCC(C3)N4C(C)C)cc12. The first-order valence-corrected chi connectivity index (χ1v) is 9.10. The van der Waals surface area contributed by atoms with Gasteiger partial charge in [0.05, 0.1) is 12.0 Å². The molecule has 1 aromatic heterocycles. The maximum atomic E-state index is 6.22. The number of benzene rings is 1. The fourth-order valence-electron chi connectivity index (χ4n) is 4.83. The molecule has 2 unspecified atom stereocenters. The van der Waals surface area contributed by atoms with E-state index in [1.807, 2.05) is 19.1 Å². The Balaban J connectivity index is 1.62. The molecule has 0 saturated carbocycles. The number of rotatable bonds is 4. The van der Waals surface area contributed by atoms with E-state index < -0.39 is 0 Å². The highest BCUT2D eigenvalue weighted by Crippen LogP contribution is 2.45. The van der Waals surface area contributed by atoms with Gasteiger partial charge in [0.1, 0.15) is 17.1 Å². The van der Waals surface area contributed by atoms with E-state index in [1.165, 1.54) is 25.7 Å². The molecule has 23 heavy (non-hydrogen) atoms. The molecular formula is C20H27NO2. The lowest BCUT2D eigenvalue weighted by Crippen LogP contribution is -2.46. The molecule has 0 radical (unpaired) electrons. The lowest BCUT2D eigenvalue weighted by molar-refractivity contribution is 0.0881. The highest BCUT2D eigenvalue weighted by atomic mass is 16.5. The second-order valence-corrected chi connectivity index (χ2v) is 7.34. The van der Waals surface area contributed by atoms with E-state index in [-0.39, 0.29) is 0 Å². The molecule has 0 aliphatic carbocycles. The van der Waals surface area contributed by atoms with Crippen molar-refractivity contribution in [1.29, 1.82) is 0 Å². The minimum Gasteiger partial charge on any atom is -0.493 e. The predicted molar refractivity (Wildman–Crippen MR) is 93.1 cm³/mol. The Morgan fingerprint density at radius 2 is 1.96 bits per heavy atom. The summed E-state index contributed by atoms with van der Waals surface area (Å²) in [6.45, 7) is 7.39. The summed E-state index contributed by atoms with van der Waals surface area (Å²) in [4.78, 5) is 2.74. The largest absolute Gasteiger partial charge is 0.493 e. The first-order chi connectivity index (χ1) is 11.2. The van der Waals surface area contributed by atoms with Crippen LogP contribution in [0.3, 0.4) is 0 Å². The number of hydrogen-bond donors (Lipinski definition) is 0. The van der Waals surface area contributed by atoms with Crippen LogP contribution in [0.25, 0.3) is 11.0 Å². The Labute approximate surface area is 138 Å². The van der Waals surface area contributed by atoms with Crippen LogP contribution in [0, 0.1) is 0 Å². The van der Waals surface area contributed by atoms with Crippen LogP contribution in [-0.2, 0) is 0 Å². The quantitative estimate of drug-likeness (QED) is 0.798. The van der Waals surface area contributed by atoms with Crippen molar-refractivity contribution in [2.24, 2.45) is 0 Å². The minimum atomic E-state index is 0.560. The van der Waals surface area contributed by atoms with Crippen molar-refractivity contribution in [3.05, 3.63) is 30.0 Å². The Kier molecular flexibility index (Phi) is 3.84. The minimum absolute atomic E-state index is 0.560.